The first-order chi connectivity index (χ1) is 22.7. The summed E-state index contributed by atoms with van der Waals surface area (Å²) in [6.45, 7) is 11.7. The number of para-hydroxylation sites is 1. The molecular weight excluding hydrogens is 636 g/mol. The summed E-state index contributed by atoms with van der Waals surface area (Å²) in [5.41, 5.74) is 3.56. The molecule has 1 atom stereocenters. The Kier molecular flexibility index (Phi) is 10.7. The van der Waals surface area contributed by atoms with Crippen molar-refractivity contribution in [2.75, 3.05) is 13.7 Å². The molecule has 244 valence electrons. The topological polar surface area (TPSA) is 88.4 Å². The van der Waals surface area contributed by atoms with Gasteiger partial charge in [0, 0.05) is 21.7 Å². The normalized spacial score (nSPS) is 14.4. The lowest BCUT2D eigenvalue weighted by Gasteiger charge is -2.26. The van der Waals surface area contributed by atoms with Gasteiger partial charge in [-0.15, -0.1) is 6.58 Å². The first kappa shape index (κ1) is 33.8. The first-order valence-corrected chi connectivity index (χ1v) is 16.5. The number of halogens is 1. The molecule has 0 radical (unpaired) electrons. The van der Waals surface area contributed by atoms with Crippen LogP contribution in [0.4, 0.5) is 0 Å². The number of rotatable bonds is 12. The van der Waals surface area contributed by atoms with Crippen molar-refractivity contribution in [2.24, 2.45) is 4.99 Å². The van der Waals surface area contributed by atoms with Crippen molar-refractivity contribution in [3.63, 3.8) is 0 Å². The fourth-order valence-electron chi connectivity index (χ4n) is 5.46. The third-order valence-corrected chi connectivity index (χ3v) is 8.81. The molecule has 4 aromatic rings. The average molecular weight is 673 g/mol. The number of allylic oxidation sites excluding steroid dienone is 2. The maximum absolute atomic E-state index is 14.3. The molecule has 0 fully saturated rings. The smallest absolute Gasteiger partial charge is 0.338 e. The molecule has 0 saturated carbocycles. The Labute approximate surface area is 282 Å². The highest BCUT2D eigenvalue weighted by Crippen LogP contribution is 2.37. The van der Waals surface area contributed by atoms with Crippen LogP contribution in [0.15, 0.2) is 94.4 Å². The summed E-state index contributed by atoms with van der Waals surface area (Å²) in [6.07, 6.45) is 3.96. The molecule has 2 heterocycles. The Morgan fingerprint density at radius 1 is 1.11 bits per heavy atom. The van der Waals surface area contributed by atoms with Crippen LogP contribution >= 0.6 is 22.9 Å². The molecule has 1 aliphatic heterocycles. The number of carbonyl (C=O) groups is 1. The van der Waals surface area contributed by atoms with Gasteiger partial charge >= 0.3 is 5.97 Å². The van der Waals surface area contributed by atoms with Gasteiger partial charge in [0.05, 0.1) is 35.6 Å². The maximum atomic E-state index is 14.3. The van der Waals surface area contributed by atoms with Crippen LogP contribution in [-0.2, 0) is 22.6 Å². The van der Waals surface area contributed by atoms with E-state index in [2.05, 4.69) is 6.58 Å². The Morgan fingerprint density at radius 2 is 1.85 bits per heavy atom. The predicted octanol–water partition coefficient (Wildman–Crippen LogP) is 6.56. The molecule has 5 rings (SSSR count). The van der Waals surface area contributed by atoms with Crippen molar-refractivity contribution in [2.45, 2.75) is 52.9 Å². The number of hydrogen-bond acceptors (Lipinski definition) is 8. The monoisotopic (exact) mass is 672 g/mol. The van der Waals surface area contributed by atoms with E-state index in [1.807, 2.05) is 74.5 Å². The predicted molar refractivity (Wildman–Crippen MR) is 185 cm³/mol. The molecule has 10 heteroatoms. The van der Waals surface area contributed by atoms with Gasteiger partial charge in [-0.25, -0.2) is 9.79 Å². The van der Waals surface area contributed by atoms with Gasteiger partial charge in [0.2, 0.25) is 0 Å². The number of thiazole rings is 1. The van der Waals surface area contributed by atoms with Crippen LogP contribution in [0.1, 0.15) is 56.0 Å². The molecule has 47 heavy (non-hydrogen) atoms. The Hall–Kier alpha value is -4.60. The summed E-state index contributed by atoms with van der Waals surface area (Å²) in [7, 11) is 1.57. The highest BCUT2D eigenvalue weighted by atomic mass is 35.5. The minimum Gasteiger partial charge on any atom is -0.493 e. The molecule has 0 amide bonds. The lowest BCUT2D eigenvalue weighted by Crippen LogP contribution is -2.40. The van der Waals surface area contributed by atoms with Gasteiger partial charge in [0.25, 0.3) is 5.56 Å². The van der Waals surface area contributed by atoms with Crippen LogP contribution in [0, 0.1) is 0 Å². The van der Waals surface area contributed by atoms with E-state index in [1.165, 1.54) is 11.3 Å². The van der Waals surface area contributed by atoms with Gasteiger partial charge < -0.3 is 18.9 Å². The largest absolute Gasteiger partial charge is 0.493 e. The summed E-state index contributed by atoms with van der Waals surface area (Å²) in [4.78, 5) is 32.8. The molecule has 0 unspecified atom stereocenters. The number of nitrogens with zero attached hydrogens (tertiary/aromatic N) is 2. The molecular formula is C37H37ClN2O6S. The second kappa shape index (κ2) is 14.9. The van der Waals surface area contributed by atoms with Crippen LogP contribution in [0.2, 0.25) is 5.02 Å². The third kappa shape index (κ3) is 7.21. The van der Waals surface area contributed by atoms with E-state index in [-0.39, 0.29) is 24.9 Å². The number of fused-ring (bicyclic) bond motifs is 1. The summed E-state index contributed by atoms with van der Waals surface area (Å²) >= 11 is 7.61. The van der Waals surface area contributed by atoms with E-state index in [0.29, 0.717) is 54.9 Å². The van der Waals surface area contributed by atoms with Gasteiger partial charge in [0.15, 0.2) is 16.3 Å². The lowest BCUT2D eigenvalue weighted by molar-refractivity contribution is -0.139. The SMILES string of the molecule is C=CCc1cc(/C=c2/sc3n(c2=O)[C@H](c2ccccc2OC(C)C)C(C(=O)OCC)=C(C)N=3)cc(OC)c1OCc1ccccc1Cl. The molecule has 1 aliphatic rings. The molecule has 8 nitrogen and oxygen atoms in total. The number of carbonyl (C=O) groups excluding carboxylic acids is 1. The summed E-state index contributed by atoms with van der Waals surface area (Å²) < 4.78 is 25.6. The van der Waals surface area contributed by atoms with Crippen LogP contribution in [0.25, 0.3) is 6.08 Å². The number of methoxy groups -OCH3 is 1. The highest BCUT2D eigenvalue weighted by molar-refractivity contribution is 7.07. The molecule has 3 aromatic carbocycles. The van der Waals surface area contributed by atoms with Crippen molar-refractivity contribution < 1.29 is 23.7 Å². The van der Waals surface area contributed by atoms with E-state index in [4.69, 9.17) is 35.5 Å². The van der Waals surface area contributed by atoms with Crippen LogP contribution in [-0.4, -0.2) is 30.4 Å². The molecule has 1 aromatic heterocycles. The fraction of sp³-hybridized carbons (Fsp3) is 0.270. The second-order valence-corrected chi connectivity index (χ2v) is 12.5. The first-order valence-electron chi connectivity index (χ1n) is 15.3. The summed E-state index contributed by atoms with van der Waals surface area (Å²) in [5.74, 6) is 1.12. The summed E-state index contributed by atoms with van der Waals surface area (Å²) in [6, 6.07) is 17.9. The van der Waals surface area contributed by atoms with E-state index in [1.54, 1.807) is 37.7 Å². The fourth-order valence-corrected chi connectivity index (χ4v) is 6.70. The van der Waals surface area contributed by atoms with Crippen molar-refractivity contribution in [1.29, 1.82) is 0 Å². The van der Waals surface area contributed by atoms with Gasteiger partial charge in [-0.1, -0.05) is 65.4 Å². The van der Waals surface area contributed by atoms with Crippen molar-refractivity contribution in [3.8, 4) is 17.2 Å². The third-order valence-electron chi connectivity index (χ3n) is 7.46. The second-order valence-electron chi connectivity index (χ2n) is 11.1. The zero-order chi connectivity index (χ0) is 33.7. The molecule has 0 aliphatic carbocycles. The van der Waals surface area contributed by atoms with E-state index >= 15 is 0 Å². The Morgan fingerprint density at radius 3 is 2.55 bits per heavy atom. The van der Waals surface area contributed by atoms with Crippen molar-refractivity contribution in [1.82, 2.24) is 4.57 Å². The lowest BCUT2D eigenvalue weighted by atomic mass is 9.95. The van der Waals surface area contributed by atoms with Gasteiger partial charge in [-0.05, 0) is 70.0 Å². The average Bonchev–Trinajstić information content (AvgIpc) is 3.34. The zero-order valence-electron chi connectivity index (χ0n) is 27.0. The minimum absolute atomic E-state index is 0.125. The zero-order valence-corrected chi connectivity index (χ0v) is 28.6. The Balaban J connectivity index is 1.65. The van der Waals surface area contributed by atoms with E-state index in [9.17, 15) is 9.59 Å². The maximum Gasteiger partial charge on any atom is 0.338 e. The van der Waals surface area contributed by atoms with Crippen LogP contribution in [0.5, 0.6) is 17.2 Å². The minimum atomic E-state index is -0.797. The van der Waals surface area contributed by atoms with E-state index in [0.717, 1.165) is 16.7 Å². The number of hydrogen-bond donors (Lipinski definition) is 0. The summed E-state index contributed by atoms with van der Waals surface area (Å²) in [5, 5.41) is 0.613. The Bertz CT molecular complexity index is 2030. The van der Waals surface area contributed by atoms with Gasteiger partial charge in [-0.3, -0.25) is 9.36 Å². The van der Waals surface area contributed by atoms with Crippen molar-refractivity contribution >= 4 is 35.0 Å². The number of aromatic nitrogens is 1. The molecule has 0 saturated heterocycles. The standard InChI is InChI=1S/C37H37ClN2O6S/c1-7-13-25-18-24(19-30(43-6)34(25)45-21-26-14-9-11-16-28(26)38)20-31-35(41)40-33(27-15-10-12-17-29(27)46-22(3)4)32(36(42)44-8-2)23(5)39-37(40)47-31/h7,9-12,14-20,22,33H,1,8,13,21H2,2-6H3/b31-20+/t33-/m1/s1. The van der Waals surface area contributed by atoms with Crippen LogP contribution in [0.3, 0.4) is 0 Å². The highest BCUT2D eigenvalue weighted by Gasteiger charge is 2.35. The van der Waals surface area contributed by atoms with E-state index < -0.39 is 12.0 Å². The molecule has 0 N–H and O–H groups in total. The van der Waals surface area contributed by atoms with Crippen molar-refractivity contribution in [3.05, 3.63) is 132 Å². The number of benzene rings is 3. The van der Waals surface area contributed by atoms with Crippen LogP contribution < -0.4 is 29.1 Å². The van der Waals surface area contributed by atoms with Gasteiger partial charge in [0.1, 0.15) is 18.4 Å². The van der Waals surface area contributed by atoms with Gasteiger partial charge in [-0.2, -0.15) is 0 Å². The quantitative estimate of drug-likeness (QED) is 0.125. The number of esters is 1. The molecule has 0 spiro atoms. The molecule has 0 bridgehead atoms. The number of ether oxygens (including phenoxy) is 4.